The highest BCUT2D eigenvalue weighted by molar-refractivity contribution is 7.22. The number of imidazole rings is 1. The number of ether oxygens (including phenoxy) is 2. The van der Waals surface area contributed by atoms with Gasteiger partial charge in [-0.1, -0.05) is 35.6 Å². The molecule has 4 aromatic rings. The van der Waals surface area contributed by atoms with Crippen molar-refractivity contribution in [2.75, 3.05) is 24.7 Å². The minimum absolute atomic E-state index is 0.0523. The number of benzene rings is 2. The van der Waals surface area contributed by atoms with Crippen LogP contribution in [-0.4, -0.2) is 40.2 Å². The van der Waals surface area contributed by atoms with Crippen LogP contribution in [0.1, 0.15) is 13.3 Å². The number of rotatable bonds is 10. The Hall–Kier alpha value is -3.39. The van der Waals surface area contributed by atoms with Crippen molar-refractivity contribution in [3.63, 3.8) is 0 Å². The SMILES string of the molecule is CCOc1cccc2sc(N(CCCn3ccnc3)C(=O)COc3ccccc3)nc12. The van der Waals surface area contributed by atoms with Crippen LogP contribution in [-0.2, 0) is 11.3 Å². The van der Waals surface area contributed by atoms with E-state index < -0.39 is 0 Å². The van der Waals surface area contributed by atoms with Gasteiger partial charge >= 0.3 is 0 Å². The van der Waals surface area contributed by atoms with Gasteiger partial charge in [0.15, 0.2) is 11.7 Å². The Morgan fingerprint density at radius 1 is 1.13 bits per heavy atom. The van der Waals surface area contributed by atoms with Gasteiger partial charge in [0.25, 0.3) is 5.91 Å². The standard InChI is InChI=1S/C23H24N4O3S/c1-2-29-19-10-6-11-20-22(19)25-23(31-20)27(14-7-13-26-15-12-24-17-26)21(28)16-30-18-8-4-3-5-9-18/h3-6,8-12,15,17H,2,7,13-14,16H2,1H3. The minimum atomic E-state index is -0.133. The van der Waals surface area contributed by atoms with Crippen molar-refractivity contribution in [3.05, 3.63) is 67.3 Å². The fourth-order valence-electron chi connectivity index (χ4n) is 3.20. The molecular weight excluding hydrogens is 412 g/mol. The molecule has 0 bridgehead atoms. The van der Waals surface area contributed by atoms with Crippen LogP contribution in [0.5, 0.6) is 11.5 Å². The summed E-state index contributed by atoms with van der Waals surface area (Å²) in [5, 5.41) is 0.648. The summed E-state index contributed by atoms with van der Waals surface area (Å²) in [6.45, 7) is 3.74. The van der Waals surface area contributed by atoms with Gasteiger partial charge in [0.2, 0.25) is 0 Å². The van der Waals surface area contributed by atoms with Gasteiger partial charge < -0.3 is 14.0 Å². The molecule has 31 heavy (non-hydrogen) atoms. The summed E-state index contributed by atoms with van der Waals surface area (Å²) in [6, 6.07) is 15.2. The zero-order valence-electron chi connectivity index (χ0n) is 17.3. The van der Waals surface area contributed by atoms with Crippen LogP contribution >= 0.6 is 11.3 Å². The van der Waals surface area contributed by atoms with E-state index in [1.54, 1.807) is 17.4 Å². The highest BCUT2D eigenvalue weighted by Crippen LogP contribution is 2.34. The number of amides is 1. The molecule has 7 nitrogen and oxygen atoms in total. The van der Waals surface area contributed by atoms with E-state index in [1.165, 1.54) is 11.3 Å². The average molecular weight is 437 g/mol. The molecule has 4 rings (SSSR count). The van der Waals surface area contributed by atoms with Crippen LogP contribution in [0, 0.1) is 0 Å². The Morgan fingerprint density at radius 2 is 2.00 bits per heavy atom. The number of nitrogens with zero attached hydrogens (tertiary/aromatic N) is 4. The molecule has 0 fully saturated rings. The van der Waals surface area contributed by atoms with Gasteiger partial charge in [-0.2, -0.15) is 0 Å². The molecule has 0 atom stereocenters. The van der Waals surface area contributed by atoms with Crippen molar-refractivity contribution in [3.8, 4) is 11.5 Å². The average Bonchev–Trinajstić information content (AvgIpc) is 3.46. The number of anilines is 1. The first kappa shape index (κ1) is 20.9. The molecule has 2 heterocycles. The summed E-state index contributed by atoms with van der Waals surface area (Å²) in [4.78, 5) is 23.6. The highest BCUT2D eigenvalue weighted by Gasteiger charge is 2.21. The number of hydrogen-bond donors (Lipinski definition) is 0. The lowest BCUT2D eigenvalue weighted by atomic mass is 10.3. The van der Waals surface area contributed by atoms with Gasteiger partial charge in [-0.25, -0.2) is 9.97 Å². The quantitative estimate of drug-likeness (QED) is 0.369. The van der Waals surface area contributed by atoms with Gasteiger partial charge in [-0.05, 0) is 37.6 Å². The molecule has 0 saturated carbocycles. The number of aromatic nitrogens is 3. The van der Waals surface area contributed by atoms with Crippen LogP contribution < -0.4 is 14.4 Å². The number of thiazole rings is 1. The van der Waals surface area contributed by atoms with E-state index in [4.69, 9.17) is 14.5 Å². The fourth-order valence-corrected chi connectivity index (χ4v) is 4.22. The van der Waals surface area contributed by atoms with Crippen LogP contribution in [0.3, 0.4) is 0 Å². The second kappa shape index (κ2) is 10.1. The summed E-state index contributed by atoms with van der Waals surface area (Å²) < 4.78 is 14.4. The van der Waals surface area contributed by atoms with Crippen LogP contribution in [0.4, 0.5) is 5.13 Å². The van der Waals surface area contributed by atoms with Crippen LogP contribution in [0.15, 0.2) is 67.3 Å². The lowest BCUT2D eigenvalue weighted by Gasteiger charge is -2.20. The molecule has 1 amide bonds. The van der Waals surface area contributed by atoms with Crippen molar-refractivity contribution >= 4 is 32.6 Å². The molecule has 2 aromatic carbocycles. The van der Waals surface area contributed by atoms with Crippen molar-refractivity contribution in [1.29, 1.82) is 0 Å². The molecule has 0 aliphatic rings. The number of fused-ring (bicyclic) bond motifs is 1. The summed E-state index contributed by atoms with van der Waals surface area (Å²) in [5.41, 5.74) is 0.778. The molecule has 0 unspecified atom stereocenters. The second-order valence-electron chi connectivity index (χ2n) is 6.83. The molecule has 0 saturated heterocycles. The lowest BCUT2D eigenvalue weighted by molar-refractivity contribution is -0.120. The van der Waals surface area contributed by atoms with Crippen molar-refractivity contribution in [1.82, 2.24) is 14.5 Å². The van der Waals surface area contributed by atoms with Crippen molar-refractivity contribution < 1.29 is 14.3 Å². The Morgan fingerprint density at radius 3 is 2.77 bits per heavy atom. The number of aryl methyl sites for hydroxylation is 1. The van der Waals surface area contributed by atoms with Crippen LogP contribution in [0.25, 0.3) is 10.2 Å². The largest absolute Gasteiger partial charge is 0.492 e. The Bertz CT molecular complexity index is 1110. The zero-order chi connectivity index (χ0) is 21.5. The predicted octanol–water partition coefficient (Wildman–Crippen LogP) is 4.39. The van der Waals surface area contributed by atoms with Gasteiger partial charge in [0.05, 0.1) is 17.6 Å². The molecular formula is C23H24N4O3S. The lowest BCUT2D eigenvalue weighted by Crippen LogP contribution is -2.36. The molecule has 0 aliphatic carbocycles. The van der Waals surface area contributed by atoms with E-state index >= 15 is 0 Å². The van der Waals surface area contributed by atoms with Gasteiger partial charge in [-0.3, -0.25) is 9.69 Å². The van der Waals surface area contributed by atoms with E-state index in [-0.39, 0.29) is 12.5 Å². The fraction of sp³-hybridized carbons (Fsp3) is 0.261. The maximum atomic E-state index is 13.1. The van der Waals surface area contributed by atoms with Gasteiger partial charge in [0, 0.05) is 25.5 Å². The molecule has 0 spiro atoms. The van der Waals surface area contributed by atoms with Crippen LogP contribution in [0.2, 0.25) is 0 Å². The number of carbonyl (C=O) groups is 1. The highest BCUT2D eigenvalue weighted by atomic mass is 32.1. The number of carbonyl (C=O) groups excluding carboxylic acids is 1. The predicted molar refractivity (Wildman–Crippen MR) is 122 cm³/mol. The Labute approximate surface area is 184 Å². The van der Waals surface area contributed by atoms with Gasteiger partial charge in [0.1, 0.15) is 17.0 Å². The minimum Gasteiger partial charge on any atom is -0.492 e. The molecule has 0 N–H and O–H groups in total. The molecule has 8 heteroatoms. The third-order valence-electron chi connectivity index (χ3n) is 4.67. The molecule has 2 aromatic heterocycles. The third-order valence-corrected chi connectivity index (χ3v) is 5.71. The number of hydrogen-bond acceptors (Lipinski definition) is 6. The first-order valence-corrected chi connectivity index (χ1v) is 11.0. The maximum absolute atomic E-state index is 13.1. The second-order valence-corrected chi connectivity index (χ2v) is 7.84. The van der Waals surface area contributed by atoms with E-state index in [1.807, 2.05) is 66.2 Å². The first-order valence-electron chi connectivity index (χ1n) is 10.2. The monoisotopic (exact) mass is 436 g/mol. The van der Waals surface area contributed by atoms with E-state index in [2.05, 4.69) is 4.98 Å². The third kappa shape index (κ3) is 5.21. The number of para-hydroxylation sites is 2. The van der Waals surface area contributed by atoms with E-state index in [0.29, 0.717) is 24.0 Å². The normalized spacial score (nSPS) is 10.9. The Kier molecular flexibility index (Phi) is 6.78. The maximum Gasteiger partial charge on any atom is 0.266 e. The smallest absolute Gasteiger partial charge is 0.266 e. The summed E-state index contributed by atoms with van der Waals surface area (Å²) >= 11 is 1.48. The first-order chi connectivity index (χ1) is 15.2. The van der Waals surface area contributed by atoms with E-state index in [9.17, 15) is 4.79 Å². The molecule has 0 radical (unpaired) electrons. The molecule has 0 aliphatic heterocycles. The van der Waals surface area contributed by atoms with Crippen molar-refractivity contribution in [2.45, 2.75) is 19.9 Å². The summed E-state index contributed by atoms with van der Waals surface area (Å²) in [5.74, 6) is 1.26. The van der Waals surface area contributed by atoms with E-state index in [0.717, 1.165) is 28.9 Å². The summed E-state index contributed by atoms with van der Waals surface area (Å²) in [6.07, 6.45) is 6.20. The van der Waals surface area contributed by atoms with Gasteiger partial charge in [-0.15, -0.1) is 0 Å². The van der Waals surface area contributed by atoms with Crippen molar-refractivity contribution in [2.24, 2.45) is 0 Å². The Balaban J connectivity index is 1.54. The summed E-state index contributed by atoms with van der Waals surface area (Å²) in [7, 11) is 0. The molecule has 160 valence electrons. The topological polar surface area (TPSA) is 69.5 Å². The zero-order valence-corrected chi connectivity index (χ0v) is 18.1.